The molecule has 0 radical (unpaired) electrons. The summed E-state index contributed by atoms with van der Waals surface area (Å²) in [6.45, 7) is 0. The van der Waals surface area contributed by atoms with Crippen LogP contribution in [0, 0.1) is 5.92 Å². The molecule has 1 aliphatic carbocycles. The smallest absolute Gasteiger partial charge is 0.0545 e. The Balaban J connectivity index is 1.88. The van der Waals surface area contributed by atoms with Gasteiger partial charge in [0, 0.05) is 0 Å². The molecule has 0 unspecified atom stereocenters. The minimum absolute atomic E-state index is 0.0151. The van der Waals surface area contributed by atoms with Gasteiger partial charge in [-0.2, -0.15) is 0 Å². The third kappa shape index (κ3) is 1.67. The fraction of sp³-hybridized carbons (Fsp3) is 0.455. The summed E-state index contributed by atoms with van der Waals surface area (Å²) in [5.41, 5.74) is 1.40. The van der Waals surface area contributed by atoms with Gasteiger partial charge in [-0.3, -0.25) is 0 Å². The Morgan fingerprint density at radius 2 is 1.83 bits per heavy atom. The Kier molecular flexibility index (Phi) is 2.13. The van der Waals surface area contributed by atoms with Gasteiger partial charge in [-0.05, 0) is 30.7 Å². The van der Waals surface area contributed by atoms with E-state index in [1.54, 1.807) is 0 Å². The van der Waals surface area contributed by atoms with Gasteiger partial charge < -0.3 is 5.11 Å². The van der Waals surface area contributed by atoms with E-state index in [0.717, 1.165) is 25.2 Å². The highest BCUT2D eigenvalue weighted by Gasteiger charge is 2.26. The normalized spacial score (nSPS) is 28.1. The van der Waals surface area contributed by atoms with E-state index in [1.165, 1.54) is 5.56 Å². The highest BCUT2D eigenvalue weighted by atomic mass is 16.3. The zero-order chi connectivity index (χ0) is 8.39. The third-order valence-electron chi connectivity index (χ3n) is 2.58. The fourth-order valence-corrected chi connectivity index (χ4v) is 1.81. The van der Waals surface area contributed by atoms with Crippen molar-refractivity contribution in [3.8, 4) is 0 Å². The number of aliphatic hydroxyl groups is 1. The second-order valence-electron chi connectivity index (χ2n) is 3.68. The van der Waals surface area contributed by atoms with Gasteiger partial charge in [-0.15, -0.1) is 0 Å². The molecule has 0 saturated heterocycles. The maximum atomic E-state index is 9.10. The lowest BCUT2D eigenvalue weighted by Gasteiger charge is -2.31. The van der Waals surface area contributed by atoms with E-state index < -0.39 is 0 Å². The Morgan fingerprint density at radius 3 is 2.42 bits per heavy atom. The van der Waals surface area contributed by atoms with Gasteiger partial charge in [-0.1, -0.05) is 30.3 Å². The van der Waals surface area contributed by atoms with Crippen LogP contribution < -0.4 is 0 Å². The highest BCUT2D eigenvalue weighted by Crippen LogP contribution is 2.30. The van der Waals surface area contributed by atoms with Crippen LogP contribution in [0.5, 0.6) is 0 Å². The van der Waals surface area contributed by atoms with Gasteiger partial charge in [-0.25, -0.2) is 0 Å². The Morgan fingerprint density at radius 1 is 1.17 bits per heavy atom. The van der Waals surface area contributed by atoms with E-state index >= 15 is 0 Å². The van der Waals surface area contributed by atoms with E-state index in [-0.39, 0.29) is 6.10 Å². The van der Waals surface area contributed by atoms with E-state index in [0.29, 0.717) is 0 Å². The van der Waals surface area contributed by atoms with Crippen molar-refractivity contribution in [2.75, 3.05) is 0 Å². The molecule has 0 aliphatic heterocycles. The first-order valence-corrected chi connectivity index (χ1v) is 4.56. The summed E-state index contributed by atoms with van der Waals surface area (Å²) in [6.07, 6.45) is 3.11. The topological polar surface area (TPSA) is 20.2 Å². The van der Waals surface area contributed by atoms with Crippen molar-refractivity contribution in [3.05, 3.63) is 35.9 Å². The summed E-state index contributed by atoms with van der Waals surface area (Å²) < 4.78 is 0. The average molecular weight is 162 g/mol. The highest BCUT2D eigenvalue weighted by molar-refractivity contribution is 5.15. The van der Waals surface area contributed by atoms with Crippen molar-refractivity contribution in [1.82, 2.24) is 0 Å². The molecule has 1 fully saturated rings. The van der Waals surface area contributed by atoms with E-state index in [9.17, 15) is 0 Å². The molecule has 0 aromatic heterocycles. The summed E-state index contributed by atoms with van der Waals surface area (Å²) in [5.74, 6) is 0.724. The molecule has 1 nitrogen and oxygen atoms in total. The quantitative estimate of drug-likeness (QED) is 0.705. The van der Waals surface area contributed by atoms with E-state index in [1.807, 2.05) is 6.07 Å². The Bertz CT molecular complexity index is 236. The molecular formula is C11H14O. The second-order valence-corrected chi connectivity index (χ2v) is 3.68. The van der Waals surface area contributed by atoms with Crippen molar-refractivity contribution in [1.29, 1.82) is 0 Å². The van der Waals surface area contributed by atoms with Crippen molar-refractivity contribution < 1.29 is 5.11 Å². The fourth-order valence-electron chi connectivity index (χ4n) is 1.81. The largest absolute Gasteiger partial charge is 0.393 e. The predicted octanol–water partition coefficient (Wildman–Crippen LogP) is 2.00. The minimum Gasteiger partial charge on any atom is -0.393 e. The molecule has 1 aliphatic rings. The van der Waals surface area contributed by atoms with Crippen molar-refractivity contribution >= 4 is 0 Å². The molecular weight excluding hydrogens is 148 g/mol. The first-order valence-electron chi connectivity index (χ1n) is 4.56. The van der Waals surface area contributed by atoms with Crippen molar-refractivity contribution in [2.24, 2.45) is 5.92 Å². The number of hydrogen-bond acceptors (Lipinski definition) is 1. The second kappa shape index (κ2) is 3.28. The molecule has 1 heteroatoms. The molecule has 2 rings (SSSR count). The molecule has 12 heavy (non-hydrogen) atoms. The van der Waals surface area contributed by atoms with Crippen LogP contribution in [0.4, 0.5) is 0 Å². The van der Waals surface area contributed by atoms with Gasteiger partial charge in [0.1, 0.15) is 0 Å². The van der Waals surface area contributed by atoms with Crippen LogP contribution in [0.2, 0.25) is 0 Å². The SMILES string of the molecule is OC1CC(Cc2ccccc2)C1. The van der Waals surface area contributed by atoms with Gasteiger partial charge in [0.05, 0.1) is 6.10 Å². The summed E-state index contributed by atoms with van der Waals surface area (Å²) in [6, 6.07) is 10.5. The number of benzene rings is 1. The molecule has 1 aromatic rings. The van der Waals surface area contributed by atoms with E-state index in [4.69, 9.17) is 5.11 Å². The first kappa shape index (κ1) is 7.81. The van der Waals surface area contributed by atoms with Crippen LogP contribution in [0.25, 0.3) is 0 Å². The standard InChI is InChI=1S/C11H14O/c12-11-7-10(8-11)6-9-4-2-1-3-5-9/h1-5,10-12H,6-8H2. The Labute approximate surface area is 73.0 Å². The van der Waals surface area contributed by atoms with Crippen LogP contribution in [0.15, 0.2) is 30.3 Å². The Hall–Kier alpha value is -0.820. The lowest BCUT2D eigenvalue weighted by molar-refractivity contribution is 0.0432. The minimum atomic E-state index is -0.0151. The van der Waals surface area contributed by atoms with Crippen molar-refractivity contribution in [3.63, 3.8) is 0 Å². The molecule has 0 spiro atoms. The molecule has 1 saturated carbocycles. The van der Waals surface area contributed by atoms with Crippen molar-refractivity contribution in [2.45, 2.75) is 25.4 Å². The molecule has 1 N–H and O–H groups in total. The zero-order valence-electron chi connectivity index (χ0n) is 7.11. The molecule has 0 amide bonds. The zero-order valence-corrected chi connectivity index (χ0v) is 7.11. The number of aliphatic hydroxyl groups excluding tert-OH is 1. The number of rotatable bonds is 2. The lowest BCUT2D eigenvalue weighted by atomic mass is 9.78. The van der Waals surface area contributed by atoms with Gasteiger partial charge in [0.25, 0.3) is 0 Å². The van der Waals surface area contributed by atoms with Gasteiger partial charge >= 0.3 is 0 Å². The van der Waals surface area contributed by atoms with Gasteiger partial charge in [0.15, 0.2) is 0 Å². The van der Waals surface area contributed by atoms with Crippen LogP contribution in [-0.2, 0) is 6.42 Å². The molecule has 0 atom stereocenters. The van der Waals surface area contributed by atoms with Crippen LogP contribution in [0.1, 0.15) is 18.4 Å². The predicted molar refractivity (Wildman–Crippen MR) is 48.9 cm³/mol. The van der Waals surface area contributed by atoms with Crippen LogP contribution in [-0.4, -0.2) is 11.2 Å². The molecule has 1 aromatic carbocycles. The average Bonchev–Trinajstić information content (AvgIpc) is 2.04. The molecule has 64 valence electrons. The third-order valence-corrected chi connectivity index (χ3v) is 2.58. The molecule has 0 heterocycles. The lowest BCUT2D eigenvalue weighted by Crippen LogP contribution is -2.29. The van der Waals surface area contributed by atoms with Crippen LogP contribution >= 0.6 is 0 Å². The molecule has 0 bridgehead atoms. The summed E-state index contributed by atoms with van der Waals surface area (Å²) >= 11 is 0. The van der Waals surface area contributed by atoms with Crippen LogP contribution in [0.3, 0.4) is 0 Å². The number of hydrogen-bond donors (Lipinski definition) is 1. The van der Waals surface area contributed by atoms with Gasteiger partial charge in [0.2, 0.25) is 0 Å². The maximum absolute atomic E-state index is 9.10. The monoisotopic (exact) mass is 162 g/mol. The first-order chi connectivity index (χ1) is 5.84. The van der Waals surface area contributed by atoms with E-state index in [2.05, 4.69) is 24.3 Å². The summed E-state index contributed by atoms with van der Waals surface area (Å²) in [4.78, 5) is 0. The maximum Gasteiger partial charge on any atom is 0.0545 e. The summed E-state index contributed by atoms with van der Waals surface area (Å²) in [5, 5.41) is 9.10. The summed E-state index contributed by atoms with van der Waals surface area (Å²) in [7, 11) is 0.